The van der Waals surface area contributed by atoms with Gasteiger partial charge in [0.2, 0.25) is 0 Å². The molecule has 1 aromatic carbocycles. The lowest BCUT2D eigenvalue weighted by Gasteiger charge is -2.14. The van der Waals surface area contributed by atoms with Crippen LogP contribution in [0.2, 0.25) is 5.02 Å². The van der Waals surface area contributed by atoms with E-state index in [1.54, 1.807) is 0 Å². The largest absolute Gasteiger partial charge is 0.485 e. The van der Waals surface area contributed by atoms with Crippen LogP contribution in [0.5, 0.6) is 5.75 Å². The number of rotatable bonds is 5. The smallest absolute Gasteiger partial charge is 0.141 e. The molecule has 3 nitrogen and oxygen atoms in total. The second-order valence-electron chi connectivity index (χ2n) is 4.97. The minimum atomic E-state index is 0.0629. The maximum Gasteiger partial charge on any atom is 0.141 e. The molecule has 1 aromatic heterocycles. The highest BCUT2D eigenvalue weighted by atomic mass is 35.5. The fourth-order valence-electron chi connectivity index (χ4n) is 2.05. The van der Waals surface area contributed by atoms with Gasteiger partial charge in [0.05, 0.1) is 10.7 Å². The predicted molar refractivity (Wildman–Crippen MR) is 82.1 cm³/mol. The van der Waals surface area contributed by atoms with E-state index in [1.165, 1.54) is 0 Å². The number of benzene rings is 1. The Balaban J connectivity index is 2.16. The van der Waals surface area contributed by atoms with Gasteiger partial charge in [-0.25, -0.2) is 0 Å². The van der Waals surface area contributed by atoms with E-state index in [9.17, 15) is 0 Å². The van der Waals surface area contributed by atoms with Crippen molar-refractivity contribution >= 4 is 11.6 Å². The van der Waals surface area contributed by atoms with Gasteiger partial charge >= 0.3 is 0 Å². The minimum Gasteiger partial charge on any atom is -0.485 e. The Morgan fingerprint density at radius 1 is 1.25 bits per heavy atom. The van der Waals surface area contributed by atoms with Gasteiger partial charge in [0.1, 0.15) is 12.4 Å². The van der Waals surface area contributed by atoms with Gasteiger partial charge in [-0.05, 0) is 44.0 Å². The molecule has 0 aliphatic rings. The first-order valence-electron chi connectivity index (χ1n) is 6.64. The lowest BCUT2D eigenvalue weighted by molar-refractivity contribution is 0.297. The molecule has 20 heavy (non-hydrogen) atoms. The van der Waals surface area contributed by atoms with Crippen LogP contribution in [0.25, 0.3) is 0 Å². The Morgan fingerprint density at radius 3 is 2.70 bits per heavy atom. The zero-order valence-electron chi connectivity index (χ0n) is 11.8. The van der Waals surface area contributed by atoms with Crippen molar-refractivity contribution in [2.24, 2.45) is 5.73 Å². The van der Waals surface area contributed by atoms with Crippen molar-refractivity contribution in [2.45, 2.75) is 32.9 Å². The quantitative estimate of drug-likeness (QED) is 0.916. The van der Waals surface area contributed by atoms with Crippen molar-refractivity contribution in [1.82, 2.24) is 4.98 Å². The summed E-state index contributed by atoms with van der Waals surface area (Å²) >= 11 is 6.22. The zero-order valence-corrected chi connectivity index (χ0v) is 12.5. The van der Waals surface area contributed by atoms with Gasteiger partial charge in [0.25, 0.3) is 0 Å². The van der Waals surface area contributed by atoms with Crippen LogP contribution >= 0.6 is 11.6 Å². The Morgan fingerprint density at radius 2 is 2.00 bits per heavy atom. The maximum atomic E-state index is 6.22. The van der Waals surface area contributed by atoms with Gasteiger partial charge in [-0.3, -0.25) is 4.98 Å². The van der Waals surface area contributed by atoms with Crippen molar-refractivity contribution in [3.63, 3.8) is 0 Å². The third kappa shape index (κ3) is 3.95. The normalized spacial score (nSPS) is 12.2. The molecule has 0 saturated carbocycles. The summed E-state index contributed by atoms with van der Waals surface area (Å²) in [4.78, 5) is 4.42. The summed E-state index contributed by atoms with van der Waals surface area (Å²) in [5.74, 6) is 0.703. The van der Waals surface area contributed by atoms with Crippen LogP contribution < -0.4 is 10.5 Å². The lowest BCUT2D eigenvalue weighted by atomic mass is 10.1. The summed E-state index contributed by atoms with van der Waals surface area (Å²) in [6.07, 6.45) is 0.733. The Hall–Kier alpha value is -1.58. The molecule has 1 unspecified atom stereocenters. The molecule has 106 valence electrons. The first kappa shape index (κ1) is 14.8. The van der Waals surface area contributed by atoms with E-state index in [-0.39, 0.29) is 6.04 Å². The summed E-state index contributed by atoms with van der Waals surface area (Å²) < 4.78 is 5.86. The van der Waals surface area contributed by atoms with Gasteiger partial charge < -0.3 is 10.5 Å². The van der Waals surface area contributed by atoms with Crippen LogP contribution in [0.15, 0.2) is 36.4 Å². The van der Waals surface area contributed by atoms with E-state index < -0.39 is 0 Å². The summed E-state index contributed by atoms with van der Waals surface area (Å²) in [6.45, 7) is 4.32. The molecular formula is C16H19ClN2O. The number of nitrogens with two attached hydrogens (primary N) is 1. The number of aromatic nitrogens is 1. The van der Waals surface area contributed by atoms with Crippen molar-refractivity contribution in [1.29, 1.82) is 0 Å². The number of nitrogens with zero attached hydrogens (tertiary/aromatic N) is 1. The predicted octanol–water partition coefficient (Wildman–Crippen LogP) is 3.51. The number of ether oxygens (including phenoxy) is 1. The molecule has 0 aliphatic carbocycles. The minimum absolute atomic E-state index is 0.0629. The van der Waals surface area contributed by atoms with E-state index >= 15 is 0 Å². The number of pyridine rings is 1. The highest BCUT2D eigenvalue weighted by Gasteiger charge is 2.10. The van der Waals surface area contributed by atoms with Gasteiger partial charge in [-0.15, -0.1) is 0 Å². The summed E-state index contributed by atoms with van der Waals surface area (Å²) in [5, 5.41) is 0.607. The topological polar surface area (TPSA) is 48.1 Å². The van der Waals surface area contributed by atoms with E-state index in [1.807, 2.05) is 50.2 Å². The molecular weight excluding hydrogens is 272 g/mol. The van der Waals surface area contributed by atoms with E-state index in [0.29, 0.717) is 17.4 Å². The highest BCUT2D eigenvalue weighted by molar-refractivity contribution is 6.32. The standard InChI is InChI=1S/C16H19ClN2O/c1-11(18)9-13-6-4-8-15(17)16(13)20-10-14-7-3-5-12(2)19-14/h3-8,11H,9-10,18H2,1-2H3. The van der Waals surface area contributed by atoms with Gasteiger partial charge in [0, 0.05) is 11.7 Å². The lowest BCUT2D eigenvalue weighted by Crippen LogP contribution is -2.18. The van der Waals surface area contributed by atoms with Gasteiger partial charge in [-0.2, -0.15) is 0 Å². The third-order valence-electron chi connectivity index (χ3n) is 2.90. The second-order valence-corrected chi connectivity index (χ2v) is 5.38. The second kappa shape index (κ2) is 6.73. The Labute approximate surface area is 124 Å². The molecule has 0 saturated heterocycles. The average Bonchev–Trinajstić information content (AvgIpc) is 2.37. The van der Waals surface area contributed by atoms with E-state index in [4.69, 9.17) is 22.1 Å². The van der Waals surface area contributed by atoms with E-state index in [2.05, 4.69) is 4.98 Å². The maximum absolute atomic E-state index is 6.22. The molecule has 0 amide bonds. The SMILES string of the molecule is Cc1cccc(COc2c(Cl)cccc2CC(C)N)n1. The Bertz CT molecular complexity index is 584. The molecule has 0 fully saturated rings. The molecule has 4 heteroatoms. The summed E-state index contributed by atoms with van der Waals surface area (Å²) in [5.41, 5.74) is 8.75. The fraction of sp³-hybridized carbons (Fsp3) is 0.312. The average molecular weight is 291 g/mol. The summed E-state index contributed by atoms with van der Waals surface area (Å²) in [6, 6.07) is 11.7. The van der Waals surface area contributed by atoms with Crippen LogP contribution in [0.4, 0.5) is 0 Å². The van der Waals surface area contributed by atoms with Crippen LogP contribution in [-0.4, -0.2) is 11.0 Å². The first-order chi connectivity index (χ1) is 9.56. The van der Waals surface area contributed by atoms with Crippen molar-refractivity contribution in [3.05, 3.63) is 58.4 Å². The van der Waals surface area contributed by atoms with Crippen LogP contribution in [0, 0.1) is 6.92 Å². The first-order valence-corrected chi connectivity index (χ1v) is 7.02. The molecule has 1 atom stereocenters. The fourth-order valence-corrected chi connectivity index (χ4v) is 2.30. The van der Waals surface area contributed by atoms with Crippen molar-refractivity contribution in [3.8, 4) is 5.75 Å². The van der Waals surface area contributed by atoms with E-state index in [0.717, 1.165) is 23.4 Å². The number of hydrogen-bond donors (Lipinski definition) is 1. The molecule has 0 radical (unpaired) electrons. The summed E-state index contributed by atoms with van der Waals surface area (Å²) in [7, 11) is 0. The Kier molecular flexibility index (Phi) is 4.99. The van der Waals surface area contributed by atoms with Crippen molar-refractivity contribution < 1.29 is 4.74 Å². The van der Waals surface area contributed by atoms with Gasteiger partial charge in [-0.1, -0.05) is 29.8 Å². The molecule has 2 aromatic rings. The number of hydrogen-bond acceptors (Lipinski definition) is 3. The zero-order chi connectivity index (χ0) is 14.5. The molecule has 0 bridgehead atoms. The molecule has 0 aliphatic heterocycles. The third-order valence-corrected chi connectivity index (χ3v) is 3.20. The van der Waals surface area contributed by atoms with Crippen LogP contribution in [-0.2, 0) is 13.0 Å². The van der Waals surface area contributed by atoms with Crippen LogP contribution in [0.3, 0.4) is 0 Å². The number of aryl methyl sites for hydroxylation is 1. The number of para-hydroxylation sites is 1. The molecule has 0 spiro atoms. The number of halogens is 1. The van der Waals surface area contributed by atoms with Crippen LogP contribution in [0.1, 0.15) is 23.9 Å². The van der Waals surface area contributed by atoms with Gasteiger partial charge in [0.15, 0.2) is 0 Å². The monoisotopic (exact) mass is 290 g/mol. The highest BCUT2D eigenvalue weighted by Crippen LogP contribution is 2.30. The molecule has 1 heterocycles. The molecule has 2 N–H and O–H groups in total. The van der Waals surface area contributed by atoms with Crippen molar-refractivity contribution in [2.75, 3.05) is 0 Å². The molecule has 2 rings (SSSR count).